The number of pyridine rings is 2. The van der Waals surface area contributed by atoms with Gasteiger partial charge in [-0.2, -0.15) is 0 Å². The third kappa shape index (κ3) is 3.74. The number of halogens is 1. The summed E-state index contributed by atoms with van der Waals surface area (Å²) in [5.74, 6) is 1.88. The molecule has 26 heavy (non-hydrogen) atoms. The Morgan fingerprint density at radius 3 is 2.62 bits per heavy atom. The van der Waals surface area contributed by atoms with Crippen LogP contribution in [0.2, 0.25) is 0 Å². The zero-order valence-corrected chi connectivity index (χ0v) is 14.9. The molecule has 0 saturated heterocycles. The second-order valence-corrected chi connectivity index (χ2v) is 5.67. The van der Waals surface area contributed by atoms with Gasteiger partial charge in [-0.15, -0.1) is 0 Å². The number of hydrogen-bond donors (Lipinski definition) is 0. The molecule has 0 N–H and O–H groups in total. The van der Waals surface area contributed by atoms with E-state index in [4.69, 9.17) is 9.47 Å². The quantitative estimate of drug-likeness (QED) is 0.651. The number of aromatic nitrogens is 2. The molecular formula is C20H20FN3O2. The van der Waals surface area contributed by atoms with Crippen LogP contribution in [0.1, 0.15) is 6.92 Å². The predicted octanol–water partition coefficient (Wildman–Crippen LogP) is 4.54. The molecule has 0 unspecified atom stereocenters. The molecule has 3 rings (SSSR count). The lowest BCUT2D eigenvalue weighted by Crippen LogP contribution is -2.16. The molecule has 3 aromatic rings. The van der Waals surface area contributed by atoms with Crippen LogP contribution in [-0.4, -0.2) is 30.7 Å². The number of benzene rings is 1. The molecule has 0 saturated carbocycles. The van der Waals surface area contributed by atoms with E-state index in [-0.39, 0.29) is 5.82 Å². The standard InChI is InChI=1S/C20H20FN3O2/c1-4-24(2)19-10-8-15(13-23-19)26-20-17(6-5-11-22-20)16-9-7-14(21)12-18(16)25-3/h5-13H,4H2,1-3H3. The molecule has 5 nitrogen and oxygen atoms in total. The van der Waals surface area contributed by atoms with Gasteiger partial charge in [0, 0.05) is 37.0 Å². The normalized spacial score (nSPS) is 10.5. The van der Waals surface area contributed by atoms with Gasteiger partial charge in [0.15, 0.2) is 0 Å². The fourth-order valence-corrected chi connectivity index (χ4v) is 2.50. The molecule has 0 spiro atoms. The summed E-state index contributed by atoms with van der Waals surface area (Å²) in [5, 5.41) is 0. The van der Waals surface area contributed by atoms with Crippen molar-refractivity contribution in [3.05, 3.63) is 60.7 Å². The first-order valence-corrected chi connectivity index (χ1v) is 8.26. The highest BCUT2D eigenvalue weighted by atomic mass is 19.1. The van der Waals surface area contributed by atoms with Crippen molar-refractivity contribution >= 4 is 5.82 Å². The second kappa shape index (κ2) is 7.82. The van der Waals surface area contributed by atoms with Gasteiger partial charge in [-0.1, -0.05) is 0 Å². The van der Waals surface area contributed by atoms with Gasteiger partial charge in [-0.3, -0.25) is 0 Å². The maximum absolute atomic E-state index is 13.5. The van der Waals surface area contributed by atoms with Crippen molar-refractivity contribution in [3.8, 4) is 28.5 Å². The Balaban J connectivity index is 1.93. The summed E-state index contributed by atoms with van der Waals surface area (Å²) in [6.45, 7) is 2.92. The van der Waals surface area contributed by atoms with Crippen molar-refractivity contribution < 1.29 is 13.9 Å². The zero-order chi connectivity index (χ0) is 18.5. The van der Waals surface area contributed by atoms with Crippen molar-refractivity contribution in [1.82, 2.24) is 9.97 Å². The van der Waals surface area contributed by atoms with Gasteiger partial charge in [-0.05, 0) is 43.3 Å². The molecule has 0 amide bonds. The topological polar surface area (TPSA) is 47.5 Å². The lowest BCUT2D eigenvalue weighted by molar-refractivity contribution is 0.412. The average molecular weight is 353 g/mol. The molecule has 1 aromatic carbocycles. The molecule has 0 atom stereocenters. The molecule has 0 radical (unpaired) electrons. The summed E-state index contributed by atoms with van der Waals surface area (Å²) in [6, 6.07) is 11.7. The summed E-state index contributed by atoms with van der Waals surface area (Å²) >= 11 is 0. The molecular weight excluding hydrogens is 333 g/mol. The van der Waals surface area contributed by atoms with Crippen molar-refractivity contribution in [2.45, 2.75) is 6.92 Å². The number of methoxy groups -OCH3 is 1. The van der Waals surface area contributed by atoms with Crippen LogP contribution in [0.3, 0.4) is 0 Å². The Morgan fingerprint density at radius 2 is 1.92 bits per heavy atom. The summed E-state index contributed by atoms with van der Waals surface area (Å²) in [4.78, 5) is 10.7. The van der Waals surface area contributed by atoms with Gasteiger partial charge in [0.1, 0.15) is 23.1 Å². The van der Waals surface area contributed by atoms with E-state index in [1.807, 2.05) is 30.1 Å². The first-order valence-electron chi connectivity index (χ1n) is 8.26. The van der Waals surface area contributed by atoms with Crippen LogP contribution < -0.4 is 14.4 Å². The maximum Gasteiger partial charge on any atom is 0.227 e. The first kappa shape index (κ1) is 17.7. The van der Waals surface area contributed by atoms with Crippen LogP contribution in [0, 0.1) is 5.82 Å². The minimum atomic E-state index is -0.364. The molecule has 0 bridgehead atoms. The van der Waals surface area contributed by atoms with Gasteiger partial charge in [0.2, 0.25) is 5.88 Å². The van der Waals surface area contributed by atoms with Crippen molar-refractivity contribution in [1.29, 1.82) is 0 Å². The van der Waals surface area contributed by atoms with E-state index < -0.39 is 0 Å². The van der Waals surface area contributed by atoms with Crippen LogP contribution in [0.5, 0.6) is 17.4 Å². The van der Waals surface area contributed by atoms with Crippen LogP contribution in [-0.2, 0) is 0 Å². The van der Waals surface area contributed by atoms with Crippen molar-refractivity contribution in [2.24, 2.45) is 0 Å². The lowest BCUT2D eigenvalue weighted by Gasteiger charge is -2.16. The number of anilines is 1. The van der Waals surface area contributed by atoms with Gasteiger partial charge in [-0.25, -0.2) is 14.4 Å². The summed E-state index contributed by atoms with van der Waals surface area (Å²) in [5.41, 5.74) is 1.41. The average Bonchev–Trinajstić information content (AvgIpc) is 2.68. The molecule has 134 valence electrons. The molecule has 0 fully saturated rings. The van der Waals surface area contributed by atoms with Crippen LogP contribution in [0.4, 0.5) is 10.2 Å². The fourth-order valence-electron chi connectivity index (χ4n) is 2.50. The largest absolute Gasteiger partial charge is 0.496 e. The van der Waals surface area contributed by atoms with E-state index in [1.165, 1.54) is 19.2 Å². The Labute approximate surface area is 152 Å². The summed E-state index contributed by atoms with van der Waals surface area (Å²) in [7, 11) is 3.47. The van der Waals surface area contributed by atoms with Crippen LogP contribution in [0.15, 0.2) is 54.9 Å². The minimum Gasteiger partial charge on any atom is -0.496 e. The van der Waals surface area contributed by atoms with E-state index >= 15 is 0 Å². The monoisotopic (exact) mass is 353 g/mol. The highest BCUT2D eigenvalue weighted by molar-refractivity contribution is 5.74. The molecule has 0 aliphatic carbocycles. The predicted molar refractivity (Wildman–Crippen MR) is 99.4 cm³/mol. The molecule has 0 aliphatic rings. The smallest absolute Gasteiger partial charge is 0.227 e. The number of hydrogen-bond acceptors (Lipinski definition) is 5. The second-order valence-electron chi connectivity index (χ2n) is 5.67. The van der Waals surface area contributed by atoms with E-state index in [0.717, 1.165) is 12.4 Å². The molecule has 0 aliphatic heterocycles. The molecule has 6 heteroatoms. The Morgan fingerprint density at radius 1 is 1.08 bits per heavy atom. The van der Waals surface area contributed by atoms with Crippen molar-refractivity contribution in [2.75, 3.05) is 25.6 Å². The Kier molecular flexibility index (Phi) is 5.31. The van der Waals surface area contributed by atoms with E-state index in [0.29, 0.717) is 28.5 Å². The number of rotatable bonds is 6. The highest BCUT2D eigenvalue weighted by Crippen LogP contribution is 2.37. The van der Waals surface area contributed by atoms with Crippen LogP contribution in [0.25, 0.3) is 11.1 Å². The van der Waals surface area contributed by atoms with E-state index in [1.54, 1.807) is 24.5 Å². The Hall–Kier alpha value is -3.15. The van der Waals surface area contributed by atoms with Gasteiger partial charge < -0.3 is 14.4 Å². The van der Waals surface area contributed by atoms with Crippen LogP contribution >= 0.6 is 0 Å². The van der Waals surface area contributed by atoms with E-state index in [9.17, 15) is 4.39 Å². The van der Waals surface area contributed by atoms with E-state index in [2.05, 4.69) is 16.9 Å². The SMILES string of the molecule is CCN(C)c1ccc(Oc2ncccc2-c2ccc(F)cc2OC)cn1. The van der Waals surface area contributed by atoms with Gasteiger partial charge >= 0.3 is 0 Å². The summed E-state index contributed by atoms with van der Waals surface area (Å²) < 4.78 is 24.7. The maximum atomic E-state index is 13.5. The lowest BCUT2D eigenvalue weighted by atomic mass is 10.1. The first-order chi connectivity index (χ1) is 12.6. The third-order valence-electron chi connectivity index (χ3n) is 4.03. The molecule has 2 heterocycles. The molecule has 2 aromatic heterocycles. The van der Waals surface area contributed by atoms with Crippen molar-refractivity contribution in [3.63, 3.8) is 0 Å². The minimum absolute atomic E-state index is 0.364. The number of nitrogens with zero attached hydrogens (tertiary/aromatic N) is 3. The highest BCUT2D eigenvalue weighted by Gasteiger charge is 2.14. The Bertz CT molecular complexity index is 884. The number of ether oxygens (including phenoxy) is 2. The zero-order valence-electron chi connectivity index (χ0n) is 14.9. The third-order valence-corrected chi connectivity index (χ3v) is 4.03. The van der Waals surface area contributed by atoms with Gasteiger partial charge in [0.25, 0.3) is 0 Å². The van der Waals surface area contributed by atoms with Gasteiger partial charge in [0.05, 0.1) is 13.3 Å². The fraction of sp³-hybridized carbons (Fsp3) is 0.200. The summed E-state index contributed by atoms with van der Waals surface area (Å²) in [6.07, 6.45) is 3.29.